The first-order valence-corrected chi connectivity index (χ1v) is 6.15. The van der Waals surface area contributed by atoms with Crippen molar-refractivity contribution in [3.05, 3.63) is 41.8 Å². The molecule has 0 aliphatic heterocycles. The van der Waals surface area contributed by atoms with E-state index in [4.69, 9.17) is 9.36 Å². The molecule has 0 saturated heterocycles. The zero-order chi connectivity index (χ0) is 16.2. The summed E-state index contributed by atoms with van der Waals surface area (Å²) in [5.74, 6) is -0.431. The largest absolute Gasteiger partial charge is 0.573 e. The van der Waals surface area contributed by atoms with Crippen LogP contribution >= 0.6 is 0 Å². The summed E-state index contributed by atoms with van der Waals surface area (Å²) in [6.07, 6.45) is -3.04. The number of benzene rings is 1. The summed E-state index contributed by atoms with van der Waals surface area (Å²) in [6, 6.07) is 4.56. The fraction of sp³-hybridized carbons (Fsp3) is 0.231. The number of ether oxygens (including phenoxy) is 1. The second kappa shape index (κ2) is 6.37. The molecule has 1 amide bonds. The van der Waals surface area contributed by atoms with E-state index >= 15 is 0 Å². The zero-order valence-corrected chi connectivity index (χ0v) is 11.3. The predicted molar refractivity (Wildman–Crippen MR) is 67.1 cm³/mol. The van der Waals surface area contributed by atoms with E-state index in [0.29, 0.717) is 12.2 Å². The van der Waals surface area contributed by atoms with E-state index in [1.54, 1.807) is 6.92 Å². The van der Waals surface area contributed by atoms with Gasteiger partial charge in [-0.25, -0.2) is 0 Å². The maximum atomic E-state index is 12.0. The number of halogens is 3. The number of carbonyl (C=O) groups is 1. The van der Waals surface area contributed by atoms with Gasteiger partial charge in [0.25, 0.3) is 5.91 Å². The summed E-state index contributed by atoms with van der Waals surface area (Å²) in [4.78, 5) is 16.8. The second-order valence-electron chi connectivity index (χ2n) is 4.07. The average Bonchev–Trinajstić information content (AvgIpc) is 2.93. The highest BCUT2D eigenvalue weighted by molar-refractivity contribution is 5.94. The van der Waals surface area contributed by atoms with Gasteiger partial charge in [0.2, 0.25) is 0 Å². The van der Waals surface area contributed by atoms with Gasteiger partial charge < -0.3 is 14.1 Å². The number of carbonyl (C=O) groups excluding carboxylic acids is 1. The Hall–Kier alpha value is -2.71. The first-order valence-electron chi connectivity index (χ1n) is 6.15. The van der Waals surface area contributed by atoms with Crippen molar-refractivity contribution in [3.63, 3.8) is 0 Å². The molecule has 22 heavy (non-hydrogen) atoms. The molecule has 9 heteroatoms. The molecule has 118 valence electrons. The molecule has 0 radical (unpaired) electrons. The fourth-order valence-corrected chi connectivity index (χ4v) is 1.57. The number of rotatable bonds is 5. The Balaban J connectivity index is 1.93. The molecule has 0 spiro atoms. The number of nitrogens with zero attached hydrogens (tertiary/aromatic N) is 1. The average molecular weight is 316 g/mol. The van der Waals surface area contributed by atoms with Gasteiger partial charge in [-0.2, -0.15) is 5.48 Å². The lowest BCUT2D eigenvalue weighted by atomic mass is 10.2. The van der Waals surface area contributed by atoms with E-state index in [-0.39, 0.29) is 11.3 Å². The number of alkyl halides is 3. The van der Waals surface area contributed by atoms with Crippen molar-refractivity contribution in [3.8, 4) is 11.5 Å². The van der Waals surface area contributed by atoms with Crippen molar-refractivity contribution in [2.24, 2.45) is 0 Å². The Kier molecular flexibility index (Phi) is 4.54. The van der Waals surface area contributed by atoms with E-state index in [0.717, 1.165) is 12.1 Å². The Morgan fingerprint density at radius 1 is 1.27 bits per heavy atom. The molecule has 6 nitrogen and oxygen atoms in total. The minimum absolute atomic E-state index is 0.136. The van der Waals surface area contributed by atoms with Crippen molar-refractivity contribution in [1.29, 1.82) is 0 Å². The van der Waals surface area contributed by atoms with Gasteiger partial charge in [-0.15, -0.1) is 13.2 Å². The van der Waals surface area contributed by atoms with Crippen molar-refractivity contribution in [2.45, 2.75) is 19.7 Å². The first-order chi connectivity index (χ1) is 10.4. The molecule has 2 aromatic rings. The smallest absolute Gasteiger partial charge is 0.406 e. The number of nitrogens with one attached hydrogen (secondary N) is 1. The highest BCUT2D eigenvalue weighted by atomic mass is 19.4. The lowest BCUT2D eigenvalue weighted by Crippen LogP contribution is -2.27. The lowest BCUT2D eigenvalue weighted by Gasteiger charge is -2.10. The van der Waals surface area contributed by atoms with Crippen molar-refractivity contribution >= 4 is 5.91 Å². The maximum Gasteiger partial charge on any atom is 0.573 e. The standard InChI is InChI=1S/C13H11F3N2O4/c1-2-11-10(7-17-22-11)12(19)18-21-9-5-3-8(4-6-9)20-13(14,15)16/h3-7H,2H2,1H3,(H,18,19). The Bertz CT molecular complexity index is 637. The number of hydrogen-bond acceptors (Lipinski definition) is 5. The highest BCUT2D eigenvalue weighted by Gasteiger charge is 2.31. The molecular formula is C13H11F3N2O4. The number of amides is 1. The zero-order valence-electron chi connectivity index (χ0n) is 11.3. The molecule has 0 bridgehead atoms. The third kappa shape index (κ3) is 4.14. The van der Waals surface area contributed by atoms with Gasteiger partial charge in [-0.3, -0.25) is 4.79 Å². The molecule has 1 aromatic carbocycles. The van der Waals surface area contributed by atoms with Crippen LogP contribution < -0.4 is 15.1 Å². The Morgan fingerprint density at radius 3 is 2.50 bits per heavy atom. The van der Waals surface area contributed by atoms with Crippen LogP contribution in [0.25, 0.3) is 0 Å². The van der Waals surface area contributed by atoms with Gasteiger partial charge in [0, 0.05) is 6.42 Å². The van der Waals surface area contributed by atoms with Crippen molar-refractivity contribution in [2.75, 3.05) is 0 Å². The summed E-state index contributed by atoms with van der Waals surface area (Å²) in [6.45, 7) is 1.79. The van der Waals surface area contributed by atoms with Gasteiger partial charge >= 0.3 is 6.36 Å². The van der Waals surface area contributed by atoms with Gasteiger partial charge in [-0.1, -0.05) is 12.1 Å². The van der Waals surface area contributed by atoms with Crippen molar-refractivity contribution < 1.29 is 32.1 Å². The van der Waals surface area contributed by atoms with Gasteiger partial charge in [0.05, 0.1) is 6.20 Å². The van der Waals surface area contributed by atoms with Crippen LogP contribution in [0.1, 0.15) is 23.0 Å². The predicted octanol–water partition coefficient (Wildman–Crippen LogP) is 2.86. The van der Waals surface area contributed by atoms with Crippen LogP contribution in [-0.2, 0) is 6.42 Å². The molecule has 0 atom stereocenters. The van der Waals surface area contributed by atoms with Crippen LogP contribution in [0.4, 0.5) is 13.2 Å². The normalized spacial score (nSPS) is 11.1. The molecule has 2 rings (SSSR count). The number of hydrogen-bond donors (Lipinski definition) is 1. The molecule has 0 unspecified atom stereocenters. The third-order valence-electron chi connectivity index (χ3n) is 2.53. The quantitative estimate of drug-likeness (QED) is 0.859. The molecule has 1 aromatic heterocycles. The summed E-state index contributed by atoms with van der Waals surface area (Å²) in [5, 5.41) is 3.50. The van der Waals surface area contributed by atoms with Crippen molar-refractivity contribution in [1.82, 2.24) is 10.6 Å². The fourth-order valence-electron chi connectivity index (χ4n) is 1.57. The molecule has 0 saturated carbocycles. The number of aryl methyl sites for hydroxylation is 1. The third-order valence-corrected chi connectivity index (χ3v) is 2.53. The van der Waals surface area contributed by atoms with Crippen LogP contribution in [0.15, 0.2) is 35.0 Å². The van der Waals surface area contributed by atoms with Gasteiger partial charge in [0.1, 0.15) is 17.1 Å². The van der Waals surface area contributed by atoms with Crippen LogP contribution in [0, 0.1) is 0 Å². The molecule has 0 aliphatic rings. The van der Waals surface area contributed by atoms with E-state index < -0.39 is 18.0 Å². The monoisotopic (exact) mass is 316 g/mol. The van der Waals surface area contributed by atoms with Crippen LogP contribution in [0.2, 0.25) is 0 Å². The maximum absolute atomic E-state index is 12.0. The van der Waals surface area contributed by atoms with Gasteiger partial charge in [-0.05, 0) is 24.3 Å². The van der Waals surface area contributed by atoms with E-state index in [9.17, 15) is 18.0 Å². The molecule has 1 N–H and O–H groups in total. The van der Waals surface area contributed by atoms with Crippen LogP contribution in [0.3, 0.4) is 0 Å². The van der Waals surface area contributed by atoms with E-state index in [2.05, 4.69) is 15.4 Å². The molecular weight excluding hydrogens is 305 g/mol. The minimum Gasteiger partial charge on any atom is -0.406 e. The first kappa shape index (κ1) is 15.7. The molecule has 0 aliphatic carbocycles. The highest BCUT2D eigenvalue weighted by Crippen LogP contribution is 2.24. The Labute approximate surface area is 122 Å². The SMILES string of the molecule is CCc1oncc1C(=O)NOc1ccc(OC(F)(F)F)cc1. The number of hydroxylamine groups is 1. The van der Waals surface area contributed by atoms with E-state index in [1.165, 1.54) is 18.3 Å². The summed E-state index contributed by atoms with van der Waals surface area (Å²) in [7, 11) is 0. The van der Waals surface area contributed by atoms with Crippen LogP contribution in [-0.4, -0.2) is 17.4 Å². The molecule has 0 fully saturated rings. The Morgan fingerprint density at radius 2 is 1.91 bits per heavy atom. The second-order valence-corrected chi connectivity index (χ2v) is 4.07. The molecule has 1 heterocycles. The summed E-state index contributed by atoms with van der Waals surface area (Å²) >= 11 is 0. The topological polar surface area (TPSA) is 73.6 Å². The van der Waals surface area contributed by atoms with Gasteiger partial charge in [0.15, 0.2) is 5.75 Å². The summed E-state index contributed by atoms with van der Waals surface area (Å²) in [5.41, 5.74) is 2.36. The van der Waals surface area contributed by atoms with Crippen LogP contribution in [0.5, 0.6) is 11.5 Å². The lowest BCUT2D eigenvalue weighted by molar-refractivity contribution is -0.274. The number of aromatic nitrogens is 1. The van der Waals surface area contributed by atoms with E-state index in [1.807, 2.05) is 0 Å². The summed E-state index contributed by atoms with van der Waals surface area (Å²) < 4.78 is 44.6. The minimum atomic E-state index is -4.76.